The zero-order valence-electron chi connectivity index (χ0n) is 15.9. The Morgan fingerprint density at radius 2 is 1.93 bits per heavy atom. The molecule has 1 fully saturated rings. The number of carbonyl (C=O) groups is 3. The van der Waals surface area contributed by atoms with Crippen LogP contribution in [0.2, 0.25) is 0 Å². The van der Waals surface area contributed by atoms with Gasteiger partial charge in [0.2, 0.25) is 5.91 Å². The standard InChI is InChI=1S/C21H19FN2O5/c1-12(25)23(2)20-11-24(21(27)29-20)13-7-8-14(16(22)9-13)19-10-17(26)15-5-3-4-6-18(15)28-19/h3-9,19-20H,10-11H2,1-2H3/t19?,20-/m0/s1. The monoisotopic (exact) mass is 398 g/mol. The minimum Gasteiger partial charge on any atom is -0.484 e. The molecule has 29 heavy (non-hydrogen) atoms. The number of rotatable bonds is 3. The smallest absolute Gasteiger partial charge is 0.416 e. The molecule has 150 valence electrons. The van der Waals surface area contributed by atoms with Gasteiger partial charge in [-0.25, -0.2) is 9.18 Å². The number of anilines is 1. The molecule has 0 aromatic heterocycles. The lowest BCUT2D eigenvalue weighted by Crippen LogP contribution is -2.38. The topological polar surface area (TPSA) is 76.2 Å². The second-order valence-electron chi connectivity index (χ2n) is 7.01. The summed E-state index contributed by atoms with van der Waals surface area (Å²) in [5, 5.41) is 0. The van der Waals surface area contributed by atoms with Crippen LogP contribution in [0.4, 0.5) is 14.9 Å². The normalized spacial score (nSPS) is 20.7. The SMILES string of the molecule is CC(=O)N(C)[C@@H]1CN(c2ccc(C3CC(=O)c4ccccc4O3)c(F)c2)C(=O)O1. The molecule has 2 atom stereocenters. The van der Waals surface area contributed by atoms with Crippen molar-refractivity contribution in [2.24, 2.45) is 0 Å². The van der Waals surface area contributed by atoms with Gasteiger partial charge in [-0.1, -0.05) is 18.2 Å². The number of Topliss-reactive ketones (excluding diaryl/α,β-unsaturated/α-hetero) is 1. The first kappa shape index (κ1) is 18.9. The van der Waals surface area contributed by atoms with E-state index >= 15 is 0 Å². The fourth-order valence-corrected chi connectivity index (χ4v) is 3.45. The van der Waals surface area contributed by atoms with E-state index < -0.39 is 24.2 Å². The summed E-state index contributed by atoms with van der Waals surface area (Å²) in [5.74, 6) is -0.518. The third kappa shape index (κ3) is 3.41. The Morgan fingerprint density at radius 1 is 1.17 bits per heavy atom. The second kappa shape index (κ2) is 7.20. The van der Waals surface area contributed by atoms with E-state index in [4.69, 9.17) is 9.47 Å². The third-order valence-corrected chi connectivity index (χ3v) is 5.19. The molecule has 1 saturated heterocycles. The molecule has 0 saturated carbocycles. The van der Waals surface area contributed by atoms with E-state index in [0.717, 1.165) is 0 Å². The molecule has 1 unspecified atom stereocenters. The highest BCUT2D eigenvalue weighted by Gasteiger charge is 2.36. The van der Waals surface area contributed by atoms with Crippen molar-refractivity contribution in [2.75, 3.05) is 18.5 Å². The van der Waals surface area contributed by atoms with E-state index in [-0.39, 0.29) is 30.2 Å². The highest BCUT2D eigenvalue weighted by Crippen LogP contribution is 2.36. The summed E-state index contributed by atoms with van der Waals surface area (Å²) in [6.07, 6.45) is -2.11. The number of para-hydroxylation sites is 1. The van der Waals surface area contributed by atoms with Crippen LogP contribution in [0.3, 0.4) is 0 Å². The van der Waals surface area contributed by atoms with Gasteiger partial charge in [0.15, 0.2) is 12.0 Å². The number of carbonyl (C=O) groups excluding carboxylic acids is 3. The van der Waals surface area contributed by atoms with Gasteiger partial charge in [0.1, 0.15) is 17.7 Å². The third-order valence-electron chi connectivity index (χ3n) is 5.19. The van der Waals surface area contributed by atoms with Crippen molar-refractivity contribution >= 4 is 23.5 Å². The summed E-state index contributed by atoms with van der Waals surface area (Å²) >= 11 is 0. The Balaban J connectivity index is 1.56. The average molecular weight is 398 g/mol. The quantitative estimate of drug-likeness (QED) is 0.793. The molecule has 2 aliphatic rings. The number of ether oxygens (including phenoxy) is 2. The molecule has 2 aromatic rings. The van der Waals surface area contributed by atoms with E-state index in [0.29, 0.717) is 17.0 Å². The summed E-state index contributed by atoms with van der Waals surface area (Å²) < 4.78 is 25.9. The van der Waals surface area contributed by atoms with Gasteiger partial charge >= 0.3 is 6.09 Å². The van der Waals surface area contributed by atoms with Gasteiger partial charge in [0, 0.05) is 19.5 Å². The number of fused-ring (bicyclic) bond motifs is 1. The van der Waals surface area contributed by atoms with Crippen LogP contribution in [0.25, 0.3) is 0 Å². The number of nitrogens with zero attached hydrogens (tertiary/aromatic N) is 2. The summed E-state index contributed by atoms with van der Waals surface area (Å²) in [4.78, 5) is 38.6. The van der Waals surface area contributed by atoms with Crippen LogP contribution < -0.4 is 9.64 Å². The van der Waals surface area contributed by atoms with E-state index in [1.165, 1.54) is 35.9 Å². The van der Waals surface area contributed by atoms with Crippen LogP contribution in [0.5, 0.6) is 5.75 Å². The number of hydrogen-bond donors (Lipinski definition) is 0. The number of hydrogen-bond acceptors (Lipinski definition) is 5. The summed E-state index contributed by atoms with van der Waals surface area (Å²) in [7, 11) is 1.53. The average Bonchev–Trinajstić information content (AvgIpc) is 3.08. The van der Waals surface area contributed by atoms with Crippen molar-refractivity contribution in [3.63, 3.8) is 0 Å². The Bertz CT molecular complexity index is 1010. The first-order chi connectivity index (χ1) is 13.8. The Kier molecular flexibility index (Phi) is 4.70. The number of ketones is 1. The maximum Gasteiger partial charge on any atom is 0.416 e. The van der Waals surface area contributed by atoms with Crippen molar-refractivity contribution in [3.8, 4) is 5.75 Å². The summed E-state index contributed by atoms with van der Waals surface area (Å²) in [5.41, 5.74) is 1.03. The predicted molar refractivity (Wildman–Crippen MR) is 101 cm³/mol. The van der Waals surface area contributed by atoms with E-state index in [1.807, 2.05) is 0 Å². The molecule has 2 aromatic carbocycles. The molecule has 4 rings (SSSR count). The summed E-state index contributed by atoms with van der Waals surface area (Å²) in [6, 6.07) is 11.2. The predicted octanol–water partition coefficient (Wildman–Crippen LogP) is 3.29. The number of halogens is 1. The van der Waals surface area contributed by atoms with E-state index in [1.54, 1.807) is 30.3 Å². The second-order valence-corrected chi connectivity index (χ2v) is 7.01. The van der Waals surface area contributed by atoms with E-state index in [9.17, 15) is 18.8 Å². The Labute approximate surface area is 166 Å². The first-order valence-corrected chi connectivity index (χ1v) is 9.15. The molecule has 0 aliphatic carbocycles. The lowest BCUT2D eigenvalue weighted by Gasteiger charge is -2.26. The molecule has 8 heteroatoms. The van der Waals surface area contributed by atoms with Crippen LogP contribution in [0.1, 0.15) is 35.4 Å². The van der Waals surface area contributed by atoms with Crippen LogP contribution in [-0.4, -0.2) is 42.5 Å². The largest absolute Gasteiger partial charge is 0.484 e. The molecule has 2 aliphatic heterocycles. The molecular formula is C21H19FN2O5. The van der Waals surface area contributed by atoms with Gasteiger partial charge in [-0.05, 0) is 24.3 Å². The van der Waals surface area contributed by atoms with Gasteiger partial charge in [0.05, 0.1) is 24.2 Å². The Hall–Kier alpha value is -3.42. The van der Waals surface area contributed by atoms with Crippen LogP contribution in [-0.2, 0) is 9.53 Å². The van der Waals surface area contributed by atoms with Gasteiger partial charge in [0.25, 0.3) is 0 Å². The minimum atomic E-state index is -0.742. The fourth-order valence-electron chi connectivity index (χ4n) is 3.45. The fraction of sp³-hybridized carbons (Fsp3) is 0.286. The van der Waals surface area contributed by atoms with E-state index in [2.05, 4.69) is 0 Å². The van der Waals surface area contributed by atoms with Crippen LogP contribution >= 0.6 is 0 Å². The Morgan fingerprint density at radius 3 is 2.66 bits per heavy atom. The molecule has 2 heterocycles. The number of benzene rings is 2. The van der Waals surface area contributed by atoms with Gasteiger partial charge < -0.3 is 14.4 Å². The molecule has 0 radical (unpaired) electrons. The zero-order valence-corrected chi connectivity index (χ0v) is 15.9. The van der Waals surface area contributed by atoms with Crippen molar-refractivity contribution < 1.29 is 28.2 Å². The number of likely N-dealkylation sites (N-methyl/N-ethyl adjacent to an activating group) is 1. The molecule has 2 amide bonds. The van der Waals surface area contributed by atoms with Gasteiger partial charge in [-0.15, -0.1) is 0 Å². The molecule has 0 spiro atoms. The highest BCUT2D eigenvalue weighted by atomic mass is 19.1. The summed E-state index contributed by atoms with van der Waals surface area (Å²) in [6.45, 7) is 1.47. The molecule has 0 bridgehead atoms. The molecule has 7 nitrogen and oxygen atoms in total. The lowest BCUT2D eigenvalue weighted by atomic mass is 9.96. The maximum absolute atomic E-state index is 14.9. The van der Waals surface area contributed by atoms with Crippen molar-refractivity contribution in [1.29, 1.82) is 0 Å². The maximum atomic E-state index is 14.9. The van der Waals surface area contributed by atoms with Crippen molar-refractivity contribution in [1.82, 2.24) is 4.90 Å². The van der Waals surface area contributed by atoms with Crippen LogP contribution in [0.15, 0.2) is 42.5 Å². The molecule has 0 N–H and O–H groups in total. The van der Waals surface area contributed by atoms with Crippen molar-refractivity contribution in [3.05, 3.63) is 59.4 Å². The lowest BCUT2D eigenvalue weighted by molar-refractivity contribution is -0.134. The molecular weight excluding hydrogens is 379 g/mol. The number of amides is 2. The number of cyclic esters (lactones) is 1. The van der Waals surface area contributed by atoms with Crippen LogP contribution in [0, 0.1) is 5.82 Å². The van der Waals surface area contributed by atoms with Crippen molar-refractivity contribution in [2.45, 2.75) is 25.7 Å². The van der Waals surface area contributed by atoms with Gasteiger partial charge in [-0.3, -0.25) is 14.5 Å². The zero-order chi connectivity index (χ0) is 20.7. The minimum absolute atomic E-state index is 0.0323. The van der Waals surface area contributed by atoms with Gasteiger partial charge in [-0.2, -0.15) is 0 Å². The first-order valence-electron chi connectivity index (χ1n) is 9.15. The highest BCUT2D eigenvalue weighted by molar-refractivity contribution is 6.00.